The Labute approximate surface area is 120 Å². The summed E-state index contributed by atoms with van der Waals surface area (Å²) in [5.41, 5.74) is 1.89. The first kappa shape index (κ1) is 14.2. The van der Waals surface area contributed by atoms with Gasteiger partial charge in [-0.15, -0.1) is 0 Å². The highest BCUT2D eigenvalue weighted by molar-refractivity contribution is 6.05. The molecular formula is C15H11N3O3. The maximum atomic E-state index is 12.1. The zero-order chi connectivity index (χ0) is 15.4. The van der Waals surface area contributed by atoms with Crippen LogP contribution in [-0.2, 0) is 0 Å². The number of non-ortho nitro benzene ring substituents is 1. The molecule has 0 bridgehead atoms. The van der Waals surface area contributed by atoms with E-state index in [1.54, 1.807) is 18.2 Å². The molecule has 0 saturated heterocycles. The molecule has 2 aromatic rings. The van der Waals surface area contributed by atoms with E-state index in [2.05, 4.69) is 5.32 Å². The van der Waals surface area contributed by atoms with Crippen molar-refractivity contribution in [3.8, 4) is 6.07 Å². The Balaban J connectivity index is 2.22. The molecule has 0 atom stereocenters. The maximum Gasteiger partial charge on any atom is 0.269 e. The molecule has 0 aromatic heterocycles. The summed E-state index contributed by atoms with van der Waals surface area (Å²) in [4.78, 5) is 22.1. The van der Waals surface area contributed by atoms with Gasteiger partial charge in [-0.25, -0.2) is 0 Å². The minimum Gasteiger partial charge on any atom is -0.321 e. The summed E-state index contributed by atoms with van der Waals surface area (Å²) in [6, 6.07) is 12.4. The molecule has 6 heteroatoms. The number of carbonyl (C=O) groups is 1. The third kappa shape index (κ3) is 3.22. The van der Waals surface area contributed by atoms with E-state index < -0.39 is 10.8 Å². The van der Waals surface area contributed by atoms with Crippen LogP contribution in [0.2, 0.25) is 0 Å². The first-order valence-electron chi connectivity index (χ1n) is 6.08. The van der Waals surface area contributed by atoms with Crippen molar-refractivity contribution in [2.24, 2.45) is 0 Å². The fraction of sp³-hybridized carbons (Fsp3) is 0.0667. The molecule has 6 nitrogen and oxygen atoms in total. The number of benzene rings is 2. The van der Waals surface area contributed by atoms with Gasteiger partial charge < -0.3 is 5.32 Å². The van der Waals surface area contributed by atoms with Crippen LogP contribution in [0.5, 0.6) is 0 Å². The normalized spacial score (nSPS) is 9.71. The number of carbonyl (C=O) groups excluding carboxylic acids is 1. The number of aryl methyl sites for hydroxylation is 1. The zero-order valence-electron chi connectivity index (χ0n) is 11.2. The van der Waals surface area contributed by atoms with E-state index in [-0.39, 0.29) is 11.3 Å². The second-order valence-corrected chi connectivity index (χ2v) is 4.42. The molecule has 0 aliphatic carbocycles. The van der Waals surface area contributed by atoms with Gasteiger partial charge in [-0.1, -0.05) is 6.07 Å². The van der Waals surface area contributed by atoms with E-state index in [1.807, 2.05) is 13.0 Å². The molecule has 0 aliphatic rings. The Kier molecular flexibility index (Phi) is 3.95. The second-order valence-electron chi connectivity index (χ2n) is 4.42. The summed E-state index contributed by atoms with van der Waals surface area (Å²) >= 11 is 0. The van der Waals surface area contributed by atoms with Crippen molar-refractivity contribution < 1.29 is 9.72 Å². The van der Waals surface area contributed by atoms with E-state index in [1.165, 1.54) is 24.3 Å². The molecule has 1 amide bonds. The zero-order valence-corrected chi connectivity index (χ0v) is 11.2. The molecule has 0 radical (unpaired) electrons. The van der Waals surface area contributed by atoms with Crippen LogP contribution in [0.15, 0.2) is 42.5 Å². The fourth-order valence-corrected chi connectivity index (χ4v) is 1.79. The minimum absolute atomic E-state index is 0.0837. The van der Waals surface area contributed by atoms with Crippen LogP contribution in [0.4, 0.5) is 11.4 Å². The van der Waals surface area contributed by atoms with Crippen LogP contribution < -0.4 is 5.32 Å². The molecular weight excluding hydrogens is 270 g/mol. The number of nitro benzene ring substituents is 1. The van der Waals surface area contributed by atoms with Crippen molar-refractivity contribution in [2.75, 3.05) is 5.32 Å². The Hall–Kier alpha value is -3.20. The number of nitriles is 1. The highest BCUT2D eigenvalue weighted by Crippen LogP contribution is 2.18. The summed E-state index contributed by atoms with van der Waals surface area (Å²) in [6.45, 7) is 1.85. The standard InChI is InChI=1S/C15H11N3O3/c1-10-2-7-14(12(8-10)9-16)17-15(19)11-3-5-13(6-4-11)18(20)21/h2-8H,1H3,(H,17,19). The Morgan fingerprint density at radius 3 is 2.48 bits per heavy atom. The molecule has 0 unspecified atom stereocenters. The van der Waals surface area contributed by atoms with E-state index in [0.717, 1.165) is 5.56 Å². The summed E-state index contributed by atoms with van der Waals surface area (Å²) in [6.07, 6.45) is 0. The molecule has 1 N–H and O–H groups in total. The summed E-state index contributed by atoms with van der Waals surface area (Å²) < 4.78 is 0. The lowest BCUT2D eigenvalue weighted by Crippen LogP contribution is -2.12. The average molecular weight is 281 g/mol. The molecule has 0 heterocycles. The first-order chi connectivity index (χ1) is 10.0. The van der Waals surface area contributed by atoms with Gasteiger partial charge >= 0.3 is 0 Å². The Morgan fingerprint density at radius 1 is 1.24 bits per heavy atom. The number of hydrogen-bond acceptors (Lipinski definition) is 4. The highest BCUT2D eigenvalue weighted by atomic mass is 16.6. The molecule has 21 heavy (non-hydrogen) atoms. The van der Waals surface area contributed by atoms with Crippen molar-refractivity contribution in [3.05, 3.63) is 69.3 Å². The van der Waals surface area contributed by atoms with Gasteiger partial charge in [-0.3, -0.25) is 14.9 Å². The van der Waals surface area contributed by atoms with E-state index in [4.69, 9.17) is 5.26 Å². The van der Waals surface area contributed by atoms with Crippen LogP contribution in [0, 0.1) is 28.4 Å². The number of nitro groups is 1. The van der Waals surface area contributed by atoms with Gasteiger partial charge in [0.25, 0.3) is 11.6 Å². The van der Waals surface area contributed by atoms with Crippen LogP contribution >= 0.6 is 0 Å². The molecule has 0 saturated carbocycles. The third-order valence-corrected chi connectivity index (χ3v) is 2.88. The summed E-state index contributed by atoms with van der Waals surface area (Å²) in [5, 5.41) is 22.2. The number of rotatable bonds is 3. The lowest BCUT2D eigenvalue weighted by molar-refractivity contribution is -0.384. The topological polar surface area (TPSA) is 96.0 Å². The van der Waals surface area contributed by atoms with E-state index in [9.17, 15) is 14.9 Å². The lowest BCUT2D eigenvalue weighted by Gasteiger charge is -2.07. The lowest BCUT2D eigenvalue weighted by atomic mass is 10.1. The summed E-state index contributed by atoms with van der Waals surface area (Å²) in [5.74, 6) is -0.426. The maximum absolute atomic E-state index is 12.1. The Bertz CT molecular complexity index is 746. The number of anilines is 1. The smallest absolute Gasteiger partial charge is 0.269 e. The Morgan fingerprint density at radius 2 is 1.90 bits per heavy atom. The first-order valence-corrected chi connectivity index (χ1v) is 6.08. The number of amides is 1. The SMILES string of the molecule is Cc1ccc(NC(=O)c2ccc([N+](=O)[O-])cc2)c(C#N)c1. The minimum atomic E-state index is -0.532. The van der Waals surface area contributed by atoms with Crippen molar-refractivity contribution >= 4 is 17.3 Å². The van der Waals surface area contributed by atoms with Gasteiger partial charge in [0, 0.05) is 17.7 Å². The molecule has 0 fully saturated rings. The van der Waals surface area contributed by atoms with Gasteiger partial charge in [-0.2, -0.15) is 5.26 Å². The van der Waals surface area contributed by atoms with E-state index in [0.29, 0.717) is 11.3 Å². The van der Waals surface area contributed by atoms with Gasteiger partial charge in [0.1, 0.15) is 6.07 Å². The number of nitrogens with one attached hydrogen (secondary N) is 1. The van der Waals surface area contributed by atoms with Crippen molar-refractivity contribution in [3.63, 3.8) is 0 Å². The van der Waals surface area contributed by atoms with Crippen molar-refractivity contribution in [1.29, 1.82) is 5.26 Å². The molecule has 0 spiro atoms. The van der Waals surface area contributed by atoms with Crippen LogP contribution in [0.1, 0.15) is 21.5 Å². The van der Waals surface area contributed by atoms with Crippen LogP contribution in [-0.4, -0.2) is 10.8 Å². The molecule has 2 aromatic carbocycles. The summed E-state index contributed by atoms with van der Waals surface area (Å²) in [7, 11) is 0. The predicted molar refractivity (Wildman–Crippen MR) is 76.9 cm³/mol. The van der Waals surface area contributed by atoms with E-state index >= 15 is 0 Å². The second kappa shape index (κ2) is 5.84. The monoisotopic (exact) mass is 281 g/mol. The predicted octanol–water partition coefficient (Wildman–Crippen LogP) is 3.03. The fourth-order valence-electron chi connectivity index (χ4n) is 1.79. The number of hydrogen-bond donors (Lipinski definition) is 1. The average Bonchev–Trinajstić information content (AvgIpc) is 2.49. The van der Waals surface area contributed by atoms with Crippen molar-refractivity contribution in [1.82, 2.24) is 0 Å². The van der Waals surface area contributed by atoms with Gasteiger partial charge in [0.15, 0.2) is 0 Å². The quantitative estimate of drug-likeness (QED) is 0.690. The van der Waals surface area contributed by atoms with Gasteiger partial charge in [-0.05, 0) is 36.8 Å². The molecule has 104 valence electrons. The largest absolute Gasteiger partial charge is 0.321 e. The molecule has 2 rings (SSSR count). The van der Waals surface area contributed by atoms with Gasteiger partial charge in [0.05, 0.1) is 16.2 Å². The van der Waals surface area contributed by atoms with Crippen LogP contribution in [0.3, 0.4) is 0 Å². The molecule has 0 aliphatic heterocycles. The van der Waals surface area contributed by atoms with Crippen LogP contribution in [0.25, 0.3) is 0 Å². The van der Waals surface area contributed by atoms with Gasteiger partial charge in [0.2, 0.25) is 0 Å². The highest BCUT2D eigenvalue weighted by Gasteiger charge is 2.11. The number of nitrogens with zero attached hydrogens (tertiary/aromatic N) is 2. The van der Waals surface area contributed by atoms with Crippen molar-refractivity contribution in [2.45, 2.75) is 6.92 Å². The third-order valence-electron chi connectivity index (χ3n) is 2.88.